The normalized spacial score (nSPS) is 10.7. The summed E-state index contributed by atoms with van der Waals surface area (Å²) in [6, 6.07) is 8.59. The minimum absolute atomic E-state index is 0.886. The van der Waals surface area contributed by atoms with Crippen molar-refractivity contribution in [2.75, 3.05) is 13.6 Å². The van der Waals surface area contributed by atoms with Crippen molar-refractivity contribution in [1.29, 1.82) is 0 Å². The summed E-state index contributed by atoms with van der Waals surface area (Å²) in [5.41, 5.74) is 2.59. The smallest absolute Gasteiger partial charge is 0.121 e. The minimum atomic E-state index is 0.886. The molecule has 1 aromatic heterocycles. The molecular formula is C13H17N3S. The van der Waals surface area contributed by atoms with Crippen LogP contribution in [0.15, 0.2) is 24.3 Å². The number of nitrogens with one attached hydrogen (secondary N) is 1. The Labute approximate surface area is 106 Å². The van der Waals surface area contributed by atoms with Crippen molar-refractivity contribution >= 4 is 11.3 Å². The van der Waals surface area contributed by atoms with Crippen LogP contribution in [-0.4, -0.2) is 23.8 Å². The van der Waals surface area contributed by atoms with Gasteiger partial charge in [-0.25, -0.2) is 0 Å². The van der Waals surface area contributed by atoms with Crippen molar-refractivity contribution in [2.45, 2.75) is 19.8 Å². The number of nitrogens with zero attached hydrogens (tertiary/aromatic N) is 2. The van der Waals surface area contributed by atoms with E-state index in [0.717, 1.165) is 29.4 Å². The van der Waals surface area contributed by atoms with Crippen LogP contribution in [0.25, 0.3) is 0 Å². The van der Waals surface area contributed by atoms with Gasteiger partial charge in [0.2, 0.25) is 0 Å². The summed E-state index contributed by atoms with van der Waals surface area (Å²) in [5.74, 6) is 0. The predicted molar refractivity (Wildman–Crippen MR) is 71.5 cm³/mol. The Morgan fingerprint density at radius 2 is 1.82 bits per heavy atom. The molecule has 4 heteroatoms. The molecule has 2 rings (SSSR count). The summed E-state index contributed by atoms with van der Waals surface area (Å²) in [4.78, 5) is 0. The molecule has 0 saturated carbocycles. The van der Waals surface area contributed by atoms with Crippen LogP contribution in [0.3, 0.4) is 0 Å². The molecule has 0 spiro atoms. The van der Waals surface area contributed by atoms with E-state index in [9.17, 15) is 0 Å². The maximum atomic E-state index is 4.23. The van der Waals surface area contributed by atoms with E-state index in [0.29, 0.717) is 0 Å². The molecule has 0 bridgehead atoms. The SMILES string of the molecule is CNCCc1nnc(Cc2ccc(C)cc2)s1. The lowest BCUT2D eigenvalue weighted by atomic mass is 10.1. The van der Waals surface area contributed by atoms with Crippen molar-refractivity contribution in [3.63, 3.8) is 0 Å². The molecule has 0 aliphatic heterocycles. The van der Waals surface area contributed by atoms with Gasteiger partial charge in [0.25, 0.3) is 0 Å². The number of hydrogen-bond acceptors (Lipinski definition) is 4. The highest BCUT2D eigenvalue weighted by Gasteiger charge is 2.04. The van der Waals surface area contributed by atoms with Crippen LogP contribution in [0.4, 0.5) is 0 Å². The van der Waals surface area contributed by atoms with Gasteiger partial charge in [0.15, 0.2) is 0 Å². The Morgan fingerprint density at radius 1 is 1.12 bits per heavy atom. The molecule has 1 aromatic carbocycles. The highest BCUT2D eigenvalue weighted by Crippen LogP contribution is 2.15. The number of likely N-dealkylation sites (N-methyl/N-ethyl adjacent to an activating group) is 1. The van der Waals surface area contributed by atoms with Gasteiger partial charge in [-0.3, -0.25) is 0 Å². The second-order valence-electron chi connectivity index (χ2n) is 4.11. The topological polar surface area (TPSA) is 37.8 Å². The third-order valence-corrected chi connectivity index (χ3v) is 3.56. The first-order valence-corrected chi connectivity index (χ1v) is 6.61. The molecule has 1 heterocycles. The molecule has 3 nitrogen and oxygen atoms in total. The summed E-state index contributed by atoms with van der Waals surface area (Å²) in [5, 5.41) is 13.8. The molecule has 0 atom stereocenters. The average molecular weight is 247 g/mol. The van der Waals surface area contributed by atoms with E-state index >= 15 is 0 Å². The molecule has 0 aliphatic carbocycles. The van der Waals surface area contributed by atoms with Crippen molar-refractivity contribution in [1.82, 2.24) is 15.5 Å². The molecule has 2 aromatic rings. The molecule has 0 fully saturated rings. The average Bonchev–Trinajstić information content (AvgIpc) is 2.77. The maximum Gasteiger partial charge on any atom is 0.121 e. The maximum absolute atomic E-state index is 4.23. The Bertz CT molecular complexity index is 462. The lowest BCUT2D eigenvalue weighted by Gasteiger charge is -1.97. The van der Waals surface area contributed by atoms with Gasteiger partial charge in [0.1, 0.15) is 10.0 Å². The van der Waals surface area contributed by atoms with Crippen LogP contribution in [-0.2, 0) is 12.8 Å². The largest absolute Gasteiger partial charge is 0.319 e. The van der Waals surface area contributed by atoms with Gasteiger partial charge >= 0.3 is 0 Å². The molecule has 1 N–H and O–H groups in total. The van der Waals surface area contributed by atoms with Crippen LogP contribution in [0.5, 0.6) is 0 Å². The van der Waals surface area contributed by atoms with Gasteiger partial charge in [0, 0.05) is 19.4 Å². The van der Waals surface area contributed by atoms with Gasteiger partial charge in [0.05, 0.1) is 0 Å². The summed E-state index contributed by atoms with van der Waals surface area (Å²) in [7, 11) is 1.95. The van der Waals surface area contributed by atoms with Crippen LogP contribution in [0.2, 0.25) is 0 Å². The van der Waals surface area contributed by atoms with E-state index < -0.39 is 0 Å². The molecule has 0 saturated heterocycles. The van der Waals surface area contributed by atoms with E-state index in [4.69, 9.17) is 0 Å². The number of hydrogen-bond donors (Lipinski definition) is 1. The van der Waals surface area contributed by atoms with Crippen LogP contribution < -0.4 is 5.32 Å². The fraction of sp³-hybridized carbons (Fsp3) is 0.385. The molecule has 0 radical (unpaired) electrons. The summed E-state index contributed by atoms with van der Waals surface area (Å²) < 4.78 is 0. The third kappa shape index (κ3) is 3.61. The number of benzene rings is 1. The highest BCUT2D eigenvalue weighted by molar-refractivity contribution is 7.11. The Balaban J connectivity index is 1.98. The Morgan fingerprint density at radius 3 is 2.53 bits per heavy atom. The standard InChI is InChI=1S/C13H17N3S/c1-10-3-5-11(6-4-10)9-13-16-15-12(17-13)7-8-14-2/h3-6,14H,7-9H2,1-2H3. The lowest BCUT2D eigenvalue weighted by Crippen LogP contribution is -2.09. The van der Waals surface area contributed by atoms with Crippen molar-refractivity contribution in [3.05, 3.63) is 45.4 Å². The highest BCUT2D eigenvalue weighted by atomic mass is 32.1. The molecular weight excluding hydrogens is 230 g/mol. The number of aromatic nitrogens is 2. The summed E-state index contributed by atoms with van der Waals surface area (Å²) >= 11 is 1.71. The first kappa shape index (κ1) is 12.2. The zero-order valence-corrected chi connectivity index (χ0v) is 11.0. The fourth-order valence-corrected chi connectivity index (χ4v) is 2.45. The summed E-state index contributed by atoms with van der Waals surface area (Å²) in [6.07, 6.45) is 1.85. The number of rotatable bonds is 5. The van der Waals surface area contributed by atoms with E-state index in [1.807, 2.05) is 7.05 Å². The van der Waals surface area contributed by atoms with E-state index in [2.05, 4.69) is 46.7 Å². The van der Waals surface area contributed by atoms with E-state index in [-0.39, 0.29) is 0 Å². The summed E-state index contributed by atoms with van der Waals surface area (Å²) in [6.45, 7) is 3.06. The first-order valence-electron chi connectivity index (χ1n) is 5.79. The van der Waals surface area contributed by atoms with E-state index in [1.54, 1.807) is 11.3 Å². The molecule has 0 amide bonds. The van der Waals surface area contributed by atoms with Gasteiger partial charge in [-0.15, -0.1) is 21.5 Å². The fourth-order valence-electron chi connectivity index (χ4n) is 1.57. The monoisotopic (exact) mass is 247 g/mol. The second kappa shape index (κ2) is 5.89. The Kier molecular flexibility index (Phi) is 4.23. The van der Waals surface area contributed by atoms with Crippen molar-refractivity contribution in [3.8, 4) is 0 Å². The molecule has 0 aliphatic rings. The van der Waals surface area contributed by atoms with E-state index in [1.165, 1.54) is 11.1 Å². The van der Waals surface area contributed by atoms with Crippen LogP contribution in [0, 0.1) is 6.92 Å². The second-order valence-corrected chi connectivity index (χ2v) is 5.25. The predicted octanol–water partition coefficient (Wildman–Crippen LogP) is 2.20. The van der Waals surface area contributed by atoms with Crippen LogP contribution >= 0.6 is 11.3 Å². The number of aryl methyl sites for hydroxylation is 1. The Hall–Kier alpha value is -1.26. The molecule has 17 heavy (non-hydrogen) atoms. The van der Waals surface area contributed by atoms with Crippen molar-refractivity contribution < 1.29 is 0 Å². The van der Waals surface area contributed by atoms with Gasteiger partial charge in [-0.05, 0) is 19.5 Å². The molecule has 90 valence electrons. The van der Waals surface area contributed by atoms with Gasteiger partial charge in [-0.2, -0.15) is 0 Å². The minimum Gasteiger partial charge on any atom is -0.319 e. The van der Waals surface area contributed by atoms with Crippen molar-refractivity contribution in [2.24, 2.45) is 0 Å². The zero-order chi connectivity index (χ0) is 12.1. The zero-order valence-electron chi connectivity index (χ0n) is 10.2. The quantitative estimate of drug-likeness (QED) is 0.880. The molecule has 0 unspecified atom stereocenters. The lowest BCUT2D eigenvalue weighted by molar-refractivity contribution is 0.777. The first-order chi connectivity index (χ1) is 8.28. The van der Waals surface area contributed by atoms with Gasteiger partial charge in [-0.1, -0.05) is 29.8 Å². The van der Waals surface area contributed by atoms with Gasteiger partial charge < -0.3 is 5.32 Å². The van der Waals surface area contributed by atoms with Crippen LogP contribution in [0.1, 0.15) is 21.1 Å². The third-order valence-electron chi connectivity index (χ3n) is 2.57.